The summed E-state index contributed by atoms with van der Waals surface area (Å²) in [6.07, 6.45) is 6.95. The van der Waals surface area contributed by atoms with Gasteiger partial charge in [-0.2, -0.15) is 10.3 Å². The fourth-order valence-corrected chi connectivity index (χ4v) is 3.43. The van der Waals surface area contributed by atoms with E-state index in [9.17, 15) is 10.1 Å². The Labute approximate surface area is 150 Å². The van der Waals surface area contributed by atoms with Crippen LogP contribution in [0.15, 0.2) is 12.1 Å². The van der Waals surface area contributed by atoms with Gasteiger partial charge >= 0.3 is 0 Å². The molecule has 2 rings (SSSR count). The van der Waals surface area contributed by atoms with Crippen molar-refractivity contribution in [3.8, 4) is 18.4 Å². The molecule has 1 aromatic rings. The van der Waals surface area contributed by atoms with E-state index in [0.29, 0.717) is 25.9 Å². The molecular formula is C20H25N3O2. The van der Waals surface area contributed by atoms with Crippen molar-refractivity contribution in [2.75, 3.05) is 27.2 Å². The van der Waals surface area contributed by atoms with Crippen LogP contribution in [0.1, 0.15) is 35.1 Å². The Kier molecular flexibility index (Phi) is 5.85. The maximum Gasteiger partial charge on any atom is 0.228 e. The van der Waals surface area contributed by atoms with Gasteiger partial charge in [-0.3, -0.25) is 4.79 Å². The van der Waals surface area contributed by atoms with E-state index in [0.717, 1.165) is 22.3 Å². The average molecular weight is 339 g/mol. The largest absolute Gasteiger partial charge is 0.327 e. The number of rotatable bonds is 4. The van der Waals surface area contributed by atoms with E-state index in [2.05, 4.69) is 12.0 Å². The van der Waals surface area contributed by atoms with Gasteiger partial charge in [0.2, 0.25) is 5.91 Å². The Balaban J connectivity index is 2.21. The molecule has 1 aromatic carbocycles. The van der Waals surface area contributed by atoms with Crippen LogP contribution in [-0.4, -0.2) is 48.7 Å². The highest BCUT2D eigenvalue weighted by Gasteiger charge is 2.41. The van der Waals surface area contributed by atoms with Gasteiger partial charge in [-0.05, 0) is 49.4 Å². The number of hydrogen-bond donors (Lipinski definition) is 0. The van der Waals surface area contributed by atoms with Crippen molar-refractivity contribution in [1.29, 1.82) is 5.26 Å². The number of piperidine rings is 1. The fraction of sp³-hybridized carbons (Fsp3) is 0.500. The standard InChI is InChI=1S/C20H25N3O2/c1-6-17-12-15(2)11-16(3)18(17)13-19(24)22(4)20(14-21)7-9-23(25-5)10-8-20/h1,11-12H,7-10,13H2,2-5H3. The number of carbonyl (C=O) groups is 1. The quantitative estimate of drug-likeness (QED) is 0.789. The molecule has 0 spiro atoms. The number of hydrogen-bond acceptors (Lipinski definition) is 4. The smallest absolute Gasteiger partial charge is 0.228 e. The normalized spacial score (nSPS) is 16.7. The number of nitrogens with zero attached hydrogens (tertiary/aromatic N) is 3. The van der Waals surface area contributed by atoms with Crippen LogP contribution in [0.2, 0.25) is 0 Å². The van der Waals surface area contributed by atoms with Crippen LogP contribution in [-0.2, 0) is 16.1 Å². The number of likely N-dealkylation sites (N-methyl/N-ethyl adjacent to an activating group) is 1. The monoisotopic (exact) mass is 339 g/mol. The third-order valence-corrected chi connectivity index (χ3v) is 5.13. The maximum absolute atomic E-state index is 12.9. The minimum absolute atomic E-state index is 0.0872. The molecule has 0 atom stereocenters. The van der Waals surface area contributed by atoms with Gasteiger partial charge in [-0.25, -0.2) is 0 Å². The molecule has 5 nitrogen and oxygen atoms in total. The Bertz CT molecular complexity index is 735. The number of hydroxylamine groups is 2. The first-order valence-electron chi connectivity index (χ1n) is 8.40. The number of nitriles is 1. The van der Waals surface area contributed by atoms with Gasteiger partial charge in [0, 0.05) is 25.7 Å². The molecule has 1 saturated heterocycles. The van der Waals surface area contributed by atoms with Crippen molar-refractivity contribution in [3.05, 3.63) is 34.4 Å². The first kappa shape index (κ1) is 19.0. The highest BCUT2D eigenvalue weighted by Crippen LogP contribution is 2.29. The second-order valence-corrected chi connectivity index (χ2v) is 6.64. The number of carbonyl (C=O) groups excluding carboxylic acids is 1. The average Bonchev–Trinajstić information content (AvgIpc) is 2.62. The molecule has 0 unspecified atom stereocenters. The summed E-state index contributed by atoms with van der Waals surface area (Å²) in [6, 6.07) is 6.32. The van der Waals surface area contributed by atoms with Crippen LogP contribution in [0.5, 0.6) is 0 Å². The molecule has 1 amide bonds. The van der Waals surface area contributed by atoms with Crippen LogP contribution in [0.25, 0.3) is 0 Å². The van der Waals surface area contributed by atoms with Crippen molar-refractivity contribution in [3.63, 3.8) is 0 Å². The summed E-state index contributed by atoms with van der Waals surface area (Å²) in [4.78, 5) is 19.7. The minimum atomic E-state index is -0.791. The molecule has 1 aliphatic rings. The molecule has 0 N–H and O–H groups in total. The first-order chi connectivity index (χ1) is 11.9. The topological polar surface area (TPSA) is 56.6 Å². The van der Waals surface area contributed by atoms with E-state index in [1.165, 1.54) is 0 Å². The van der Waals surface area contributed by atoms with E-state index in [-0.39, 0.29) is 12.3 Å². The third-order valence-electron chi connectivity index (χ3n) is 5.13. The number of aryl methyl sites for hydroxylation is 2. The van der Waals surface area contributed by atoms with E-state index < -0.39 is 5.54 Å². The highest BCUT2D eigenvalue weighted by atomic mass is 16.7. The molecule has 5 heteroatoms. The van der Waals surface area contributed by atoms with E-state index in [1.807, 2.05) is 31.0 Å². The van der Waals surface area contributed by atoms with E-state index in [1.54, 1.807) is 19.1 Å². The van der Waals surface area contributed by atoms with Gasteiger partial charge in [0.15, 0.2) is 0 Å². The van der Waals surface area contributed by atoms with Crippen molar-refractivity contribution < 1.29 is 9.63 Å². The third kappa shape index (κ3) is 3.85. The molecule has 1 heterocycles. The zero-order valence-electron chi connectivity index (χ0n) is 15.4. The van der Waals surface area contributed by atoms with Crippen LogP contribution in [0.4, 0.5) is 0 Å². The number of amides is 1. The van der Waals surface area contributed by atoms with Crippen molar-refractivity contribution in [1.82, 2.24) is 9.96 Å². The molecule has 0 radical (unpaired) electrons. The van der Waals surface area contributed by atoms with Crippen molar-refractivity contribution in [2.45, 2.75) is 38.6 Å². The van der Waals surface area contributed by atoms with Gasteiger partial charge in [0.05, 0.1) is 19.6 Å². The van der Waals surface area contributed by atoms with Crippen LogP contribution >= 0.6 is 0 Å². The van der Waals surface area contributed by atoms with Crippen LogP contribution < -0.4 is 0 Å². The van der Waals surface area contributed by atoms with E-state index >= 15 is 0 Å². The molecule has 0 aromatic heterocycles. The second kappa shape index (κ2) is 7.70. The SMILES string of the molecule is C#Cc1cc(C)cc(C)c1CC(=O)N(C)C1(C#N)CCN(OC)CC1. The van der Waals surface area contributed by atoms with Gasteiger partial charge < -0.3 is 9.74 Å². The summed E-state index contributed by atoms with van der Waals surface area (Å²) in [5, 5.41) is 11.6. The van der Waals surface area contributed by atoms with Gasteiger partial charge in [0.25, 0.3) is 0 Å². The van der Waals surface area contributed by atoms with Crippen molar-refractivity contribution in [2.24, 2.45) is 0 Å². The molecule has 0 aliphatic carbocycles. The predicted octanol–water partition coefficient (Wildman–Crippen LogP) is 2.21. The van der Waals surface area contributed by atoms with Gasteiger partial charge in [0.1, 0.15) is 5.54 Å². The summed E-state index contributed by atoms with van der Waals surface area (Å²) in [5.41, 5.74) is 2.92. The number of terminal acetylenes is 1. The Hall–Kier alpha value is -2.34. The minimum Gasteiger partial charge on any atom is -0.327 e. The lowest BCUT2D eigenvalue weighted by molar-refractivity contribution is -0.161. The Morgan fingerprint density at radius 2 is 2.04 bits per heavy atom. The lowest BCUT2D eigenvalue weighted by Gasteiger charge is -2.42. The summed E-state index contributed by atoms with van der Waals surface area (Å²) in [7, 11) is 3.34. The highest BCUT2D eigenvalue weighted by molar-refractivity contribution is 5.81. The van der Waals surface area contributed by atoms with Crippen molar-refractivity contribution >= 4 is 5.91 Å². The van der Waals surface area contributed by atoms with Crippen LogP contribution in [0.3, 0.4) is 0 Å². The molecule has 25 heavy (non-hydrogen) atoms. The molecule has 0 bridgehead atoms. The summed E-state index contributed by atoms with van der Waals surface area (Å²) >= 11 is 0. The zero-order valence-corrected chi connectivity index (χ0v) is 15.4. The zero-order chi connectivity index (χ0) is 18.6. The molecular weight excluding hydrogens is 314 g/mol. The lowest BCUT2D eigenvalue weighted by Crippen LogP contribution is -2.55. The molecule has 0 saturated carbocycles. The first-order valence-corrected chi connectivity index (χ1v) is 8.40. The van der Waals surface area contributed by atoms with Gasteiger partial charge in [-0.1, -0.05) is 12.0 Å². The second-order valence-electron chi connectivity index (χ2n) is 6.64. The van der Waals surface area contributed by atoms with Gasteiger partial charge in [-0.15, -0.1) is 6.42 Å². The summed E-state index contributed by atoms with van der Waals surface area (Å²) in [6.45, 7) is 5.20. The Morgan fingerprint density at radius 3 is 2.56 bits per heavy atom. The molecule has 1 aliphatic heterocycles. The molecule has 132 valence electrons. The fourth-order valence-electron chi connectivity index (χ4n) is 3.43. The lowest BCUT2D eigenvalue weighted by atomic mass is 9.87. The summed E-state index contributed by atoms with van der Waals surface area (Å²) < 4.78 is 0. The van der Waals surface area contributed by atoms with Crippen LogP contribution in [0, 0.1) is 37.5 Å². The number of benzene rings is 1. The maximum atomic E-state index is 12.9. The molecule has 1 fully saturated rings. The Morgan fingerprint density at radius 1 is 1.40 bits per heavy atom. The summed E-state index contributed by atoms with van der Waals surface area (Å²) in [5.74, 6) is 2.59. The predicted molar refractivity (Wildman–Crippen MR) is 96.5 cm³/mol. The van der Waals surface area contributed by atoms with E-state index in [4.69, 9.17) is 11.3 Å².